The first-order valence-electron chi connectivity index (χ1n) is 12.4. The van der Waals surface area contributed by atoms with Gasteiger partial charge in [-0.05, 0) is 30.7 Å². The van der Waals surface area contributed by atoms with Crippen LogP contribution in [-0.2, 0) is 6.18 Å². The van der Waals surface area contributed by atoms with Crippen molar-refractivity contribution in [2.45, 2.75) is 32.5 Å². The molecule has 2 aliphatic heterocycles. The first kappa shape index (κ1) is 27.0. The highest BCUT2D eigenvalue weighted by Crippen LogP contribution is 2.43. The number of ether oxygens (including phenoxy) is 1. The third-order valence-electron chi connectivity index (χ3n) is 6.71. The maximum absolute atomic E-state index is 13.6. The van der Waals surface area contributed by atoms with Crippen LogP contribution in [0.2, 0.25) is 5.02 Å². The van der Waals surface area contributed by atoms with Crippen molar-refractivity contribution in [2.75, 3.05) is 41.4 Å². The molecule has 12 heteroatoms. The van der Waals surface area contributed by atoms with Crippen LogP contribution < -0.4 is 19.9 Å². The van der Waals surface area contributed by atoms with Gasteiger partial charge in [-0.25, -0.2) is 9.78 Å². The van der Waals surface area contributed by atoms with E-state index in [-0.39, 0.29) is 47.2 Å². The summed E-state index contributed by atoms with van der Waals surface area (Å²) in [4.78, 5) is 26.1. The first-order chi connectivity index (χ1) is 18.4. The van der Waals surface area contributed by atoms with Gasteiger partial charge < -0.3 is 14.7 Å². The second kappa shape index (κ2) is 10.2. The van der Waals surface area contributed by atoms with E-state index in [2.05, 4.69) is 20.2 Å². The number of hydrogen-bond donors (Lipinski definition) is 2. The number of urea groups is 1. The predicted molar refractivity (Wildman–Crippen MR) is 142 cm³/mol. The van der Waals surface area contributed by atoms with Crippen molar-refractivity contribution in [3.8, 4) is 17.1 Å². The van der Waals surface area contributed by atoms with Crippen molar-refractivity contribution in [1.29, 1.82) is 0 Å². The minimum absolute atomic E-state index is 0.0598. The van der Waals surface area contributed by atoms with Crippen LogP contribution in [0.4, 0.5) is 35.3 Å². The molecule has 2 N–H and O–H groups in total. The molecular formula is C27H27ClF3N5O3. The summed E-state index contributed by atoms with van der Waals surface area (Å²) in [5, 5.41) is 12.4. The van der Waals surface area contributed by atoms with Gasteiger partial charge in [0.25, 0.3) is 0 Å². The molecule has 5 rings (SSSR count). The molecule has 0 spiro atoms. The van der Waals surface area contributed by atoms with Crippen molar-refractivity contribution >= 4 is 35.0 Å². The summed E-state index contributed by atoms with van der Waals surface area (Å²) >= 11 is 6.52. The van der Waals surface area contributed by atoms with E-state index in [1.54, 1.807) is 24.3 Å². The number of amides is 2. The number of aliphatic hydroxyl groups excluding tert-OH is 1. The number of benzene rings is 1. The molecule has 0 unspecified atom stereocenters. The van der Waals surface area contributed by atoms with Gasteiger partial charge in [0.1, 0.15) is 5.82 Å². The van der Waals surface area contributed by atoms with E-state index in [1.807, 2.05) is 13.8 Å². The van der Waals surface area contributed by atoms with Gasteiger partial charge in [0.15, 0.2) is 5.82 Å². The highest BCUT2D eigenvalue weighted by molar-refractivity contribution is 6.33. The molecule has 1 aromatic carbocycles. The van der Waals surface area contributed by atoms with E-state index >= 15 is 0 Å². The number of hydrogen-bond acceptors (Lipinski definition) is 6. The summed E-state index contributed by atoms with van der Waals surface area (Å²) in [6.45, 7) is 5.14. The zero-order valence-electron chi connectivity index (χ0n) is 21.3. The number of pyridine rings is 2. The summed E-state index contributed by atoms with van der Waals surface area (Å²) in [7, 11) is 0. The quantitative estimate of drug-likeness (QED) is 0.393. The minimum atomic E-state index is -4.52. The molecule has 2 aliphatic rings. The van der Waals surface area contributed by atoms with Crippen molar-refractivity contribution in [2.24, 2.45) is 5.41 Å². The van der Waals surface area contributed by atoms with E-state index in [4.69, 9.17) is 16.3 Å². The van der Waals surface area contributed by atoms with Crippen LogP contribution in [0.15, 0.2) is 48.5 Å². The Labute approximate surface area is 228 Å². The van der Waals surface area contributed by atoms with E-state index in [1.165, 1.54) is 17.0 Å². The van der Waals surface area contributed by atoms with Crippen molar-refractivity contribution in [3.05, 3.63) is 59.1 Å². The lowest BCUT2D eigenvalue weighted by atomic mass is 9.97. The molecular weight excluding hydrogens is 535 g/mol. The largest absolute Gasteiger partial charge is 0.477 e. The first-order valence-corrected chi connectivity index (χ1v) is 12.8. The zero-order valence-corrected chi connectivity index (χ0v) is 22.1. The summed E-state index contributed by atoms with van der Waals surface area (Å²) < 4.78 is 45.7. The number of carbonyl (C=O) groups excluding carboxylic acids is 1. The number of aromatic nitrogens is 2. The zero-order chi connectivity index (χ0) is 27.9. The molecule has 1 fully saturated rings. The van der Waals surface area contributed by atoms with Crippen molar-refractivity contribution in [3.63, 3.8) is 0 Å². The fraction of sp³-hybridized carbons (Fsp3) is 0.370. The molecule has 0 radical (unpaired) electrons. The Bertz CT molecular complexity index is 1400. The molecule has 0 aliphatic carbocycles. The summed E-state index contributed by atoms with van der Waals surface area (Å²) in [6, 6.07) is 10.7. The lowest BCUT2D eigenvalue weighted by Gasteiger charge is -2.36. The summed E-state index contributed by atoms with van der Waals surface area (Å²) in [6.07, 6.45) is -3.83. The maximum atomic E-state index is 13.6. The van der Waals surface area contributed by atoms with Crippen LogP contribution in [-0.4, -0.2) is 53.5 Å². The summed E-state index contributed by atoms with van der Waals surface area (Å²) in [5.41, 5.74) is -0.289. The van der Waals surface area contributed by atoms with E-state index in [0.717, 1.165) is 12.1 Å². The molecule has 206 valence electrons. The fourth-order valence-electron chi connectivity index (χ4n) is 4.58. The third-order valence-corrected chi connectivity index (χ3v) is 7.00. The maximum Gasteiger partial charge on any atom is 0.416 e. The number of halogens is 4. The Morgan fingerprint density at radius 3 is 2.69 bits per heavy atom. The molecule has 1 atom stereocenters. The molecule has 0 saturated carbocycles. The normalized spacial score (nSPS) is 16.7. The van der Waals surface area contributed by atoms with Gasteiger partial charge in [0.05, 0.1) is 41.2 Å². The Balaban J connectivity index is 1.45. The fourth-order valence-corrected chi connectivity index (χ4v) is 4.84. The third kappa shape index (κ3) is 5.60. The van der Waals surface area contributed by atoms with Crippen LogP contribution in [0, 0.1) is 5.41 Å². The molecule has 8 nitrogen and oxygen atoms in total. The highest BCUT2D eigenvalue weighted by atomic mass is 35.5. The van der Waals surface area contributed by atoms with Gasteiger partial charge in [-0.1, -0.05) is 43.6 Å². The number of anilines is 3. The number of rotatable bonds is 6. The second-order valence-electron chi connectivity index (χ2n) is 10.4. The average molecular weight is 562 g/mol. The molecule has 4 heterocycles. The molecule has 2 bridgehead atoms. The van der Waals surface area contributed by atoms with Crippen LogP contribution in [0.3, 0.4) is 0 Å². The van der Waals surface area contributed by atoms with Crippen LogP contribution in [0.5, 0.6) is 5.88 Å². The van der Waals surface area contributed by atoms with Gasteiger partial charge in [0.2, 0.25) is 5.88 Å². The monoisotopic (exact) mass is 561 g/mol. The van der Waals surface area contributed by atoms with Gasteiger partial charge >= 0.3 is 12.2 Å². The van der Waals surface area contributed by atoms with Gasteiger partial charge in [-0.2, -0.15) is 18.2 Å². The number of fused-ring (bicyclic) bond motifs is 4. The lowest BCUT2D eigenvalue weighted by molar-refractivity contribution is -0.137. The van der Waals surface area contributed by atoms with Crippen LogP contribution in [0.25, 0.3) is 11.3 Å². The van der Waals surface area contributed by atoms with Gasteiger partial charge in [0, 0.05) is 30.1 Å². The van der Waals surface area contributed by atoms with Gasteiger partial charge in [-0.15, -0.1) is 0 Å². The Morgan fingerprint density at radius 1 is 1.18 bits per heavy atom. The Kier molecular flexibility index (Phi) is 7.06. The SMILES string of the molecule is CC(C)(CO)COc1cccc(NC(=O)N2c3nc(-c4cccc(C(F)(F)F)c4)c(Cl)cc3N3CC[C@H]2C3)n1. The number of aliphatic hydroxyl groups is 1. The second-order valence-corrected chi connectivity index (χ2v) is 10.8. The molecule has 39 heavy (non-hydrogen) atoms. The van der Waals surface area contributed by atoms with Crippen molar-refractivity contribution in [1.82, 2.24) is 9.97 Å². The molecule has 1 saturated heterocycles. The highest BCUT2D eigenvalue weighted by Gasteiger charge is 2.41. The van der Waals surface area contributed by atoms with Crippen LogP contribution in [0.1, 0.15) is 25.8 Å². The predicted octanol–water partition coefficient (Wildman–Crippen LogP) is 5.84. The number of nitrogens with one attached hydrogen (secondary N) is 1. The topological polar surface area (TPSA) is 90.8 Å². The van der Waals surface area contributed by atoms with Crippen molar-refractivity contribution < 1.29 is 27.8 Å². The molecule has 2 amide bonds. The Hall–Kier alpha value is -3.57. The van der Waals surface area contributed by atoms with E-state index in [0.29, 0.717) is 31.0 Å². The van der Waals surface area contributed by atoms with Crippen LogP contribution >= 0.6 is 11.6 Å². The van der Waals surface area contributed by atoms with E-state index in [9.17, 15) is 23.1 Å². The Morgan fingerprint density at radius 2 is 1.95 bits per heavy atom. The molecule has 3 aromatic rings. The van der Waals surface area contributed by atoms with E-state index < -0.39 is 23.2 Å². The lowest BCUT2D eigenvalue weighted by Crippen LogP contribution is -2.48. The smallest absolute Gasteiger partial charge is 0.416 e. The average Bonchev–Trinajstić information content (AvgIpc) is 3.32. The minimum Gasteiger partial charge on any atom is -0.477 e. The standard InChI is InChI=1S/C27H27ClF3N5O3/c1-26(2,14-37)15-39-22-8-4-7-21(32-22)33-25(38)36-18-9-10-35(13-18)20-12-19(28)23(34-24(20)36)16-5-3-6-17(11-16)27(29,30)31/h3-8,11-12,18,37H,9-10,13-15H2,1-2H3,(H,32,33,38)/t18-/m0/s1. The molecule has 2 aromatic heterocycles. The summed E-state index contributed by atoms with van der Waals surface area (Å²) in [5.74, 6) is 0.862. The number of nitrogens with zero attached hydrogens (tertiary/aromatic N) is 4. The number of carbonyl (C=O) groups is 1. The van der Waals surface area contributed by atoms with Gasteiger partial charge in [-0.3, -0.25) is 10.2 Å². The number of alkyl halides is 3.